The quantitative estimate of drug-likeness (QED) is 0.562. The van der Waals surface area contributed by atoms with E-state index in [1.54, 1.807) is 6.92 Å². The number of carbonyl (C=O) groups is 1. The van der Waals surface area contributed by atoms with Crippen LogP contribution in [0.25, 0.3) is 0 Å². The number of aliphatic hydroxyl groups is 1. The highest BCUT2D eigenvalue weighted by atomic mass is 31.1. The van der Waals surface area contributed by atoms with Crippen molar-refractivity contribution in [1.82, 2.24) is 0 Å². The average Bonchev–Trinajstić information content (AvgIpc) is 2.48. The van der Waals surface area contributed by atoms with Gasteiger partial charge in [0.05, 0.1) is 24.8 Å². The largest absolute Gasteiger partial charge is 0.466 e. The second-order valence-electron chi connectivity index (χ2n) is 4.59. The summed E-state index contributed by atoms with van der Waals surface area (Å²) < 4.78 is 16.0. The lowest BCUT2D eigenvalue weighted by molar-refractivity contribution is -0.148. The highest BCUT2D eigenvalue weighted by Crippen LogP contribution is 2.24. The summed E-state index contributed by atoms with van der Waals surface area (Å²) in [5, 5.41) is 9.22. The molecule has 0 bridgehead atoms. The monoisotopic (exact) mass is 296 g/mol. The molecule has 1 N–H and O–H groups in total. The number of ether oxygens (including phenoxy) is 1. The summed E-state index contributed by atoms with van der Waals surface area (Å²) in [5.74, 6) is -0.884. The number of hydrogen-bond acceptors (Lipinski definition) is 4. The van der Waals surface area contributed by atoms with Crippen LogP contribution in [0.5, 0.6) is 0 Å². The fourth-order valence-electron chi connectivity index (χ4n) is 2.12. The molecular formula is C15H21O4P. The van der Waals surface area contributed by atoms with Gasteiger partial charge < -0.3 is 9.84 Å². The molecule has 4 nitrogen and oxygen atoms in total. The molecule has 1 aromatic rings. The summed E-state index contributed by atoms with van der Waals surface area (Å²) in [6.45, 7) is 1.75. The van der Waals surface area contributed by atoms with Crippen molar-refractivity contribution in [3.05, 3.63) is 35.9 Å². The van der Waals surface area contributed by atoms with Crippen LogP contribution in [0.4, 0.5) is 0 Å². The third-order valence-corrected chi connectivity index (χ3v) is 3.99. The second kappa shape index (κ2) is 9.62. The standard InChI is InChI=1S/C15H21O4P/c1-2-19-15(17)13(14(11-16)20-18)10-6-9-12-7-4-3-5-8-12/h3-5,7-8,13-14,16H,2,6,9-11H2,1H3. The van der Waals surface area contributed by atoms with Crippen LogP contribution in [0.1, 0.15) is 25.3 Å². The maximum absolute atomic E-state index is 11.9. The molecule has 2 unspecified atom stereocenters. The fraction of sp³-hybridized carbons (Fsp3) is 0.533. The highest BCUT2D eigenvalue weighted by Gasteiger charge is 2.29. The minimum absolute atomic E-state index is 0.209. The summed E-state index contributed by atoms with van der Waals surface area (Å²) in [5.41, 5.74) is 0.625. The Hall–Kier alpha value is -1.25. The van der Waals surface area contributed by atoms with Gasteiger partial charge in [0, 0.05) is 0 Å². The molecule has 0 aromatic heterocycles. The molecule has 0 aliphatic heterocycles. The van der Waals surface area contributed by atoms with Crippen LogP contribution in [0.2, 0.25) is 0 Å². The lowest BCUT2D eigenvalue weighted by Crippen LogP contribution is -2.29. The average molecular weight is 296 g/mol. The first-order valence-electron chi connectivity index (χ1n) is 6.86. The van der Waals surface area contributed by atoms with E-state index in [1.165, 1.54) is 5.56 Å². The fourth-order valence-corrected chi connectivity index (χ4v) is 2.61. The molecule has 0 saturated heterocycles. The lowest BCUT2D eigenvalue weighted by atomic mass is 9.96. The van der Waals surface area contributed by atoms with Gasteiger partial charge in [-0.3, -0.25) is 9.36 Å². The first-order chi connectivity index (χ1) is 9.72. The van der Waals surface area contributed by atoms with Gasteiger partial charge in [0.15, 0.2) is 8.46 Å². The molecule has 0 radical (unpaired) electrons. The number of aryl methyl sites for hydroxylation is 1. The molecule has 0 heterocycles. The van der Waals surface area contributed by atoms with Crippen LogP contribution >= 0.6 is 8.46 Å². The maximum Gasteiger partial charge on any atom is 0.310 e. The number of rotatable bonds is 9. The first kappa shape index (κ1) is 16.8. The molecule has 1 rings (SSSR count). The Morgan fingerprint density at radius 3 is 2.60 bits per heavy atom. The minimum atomic E-state index is -0.579. The van der Waals surface area contributed by atoms with Crippen molar-refractivity contribution in [1.29, 1.82) is 0 Å². The third kappa shape index (κ3) is 5.40. The van der Waals surface area contributed by atoms with E-state index >= 15 is 0 Å². The van der Waals surface area contributed by atoms with Crippen LogP contribution in [0.3, 0.4) is 0 Å². The van der Waals surface area contributed by atoms with E-state index in [-0.39, 0.29) is 21.0 Å². The zero-order chi connectivity index (χ0) is 14.8. The Balaban J connectivity index is 2.55. The summed E-state index contributed by atoms with van der Waals surface area (Å²) in [6.07, 6.45) is 2.21. The molecule has 1 aromatic carbocycles. The van der Waals surface area contributed by atoms with Crippen molar-refractivity contribution in [3.63, 3.8) is 0 Å². The van der Waals surface area contributed by atoms with Crippen LogP contribution < -0.4 is 0 Å². The Kier molecular flexibility index (Phi) is 8.08. The van der Waals surface area contributed by atoms with Gasteiger partial charge in [-0.15, -0.1) is 0 Å². The maximum atomic E-state index is 11.9. The van der Waals surface area contributed by atoms with Crippen molar-refractivity contribution >= 4 is 14.4 Å². The van der Waals surface area contributed by atoms with Crippen molar-refractivity contribution < 1.29 is 19.2 Å². The van der Waals surface area contributed by atoms with E-state index in [0.717, 1.165) is 12.8 Å². The molecule has 20 heavy (non-hydrogen) atoms. The van der Waals surface area contributed by atoms with Crippen LogP contribution in [0.15, 0.2) is 30.3 Å². The topological polar surface area (TPSA) is 63.6 Å². The van der Waals surface area contributed by atoms with Crippen molar-refractivity contribution in [2.45, 2.75) is 31.8 Å². The predicted octanol–water partition coefficient (Wildman–Crippen LogP) is 2.84. The number of hydrogen-bond donors (Lipinski definition) is 1. The van der Waals surface area contributed by atoms with E-state index < -0.39 is 11.6 Å². The number of carbonyl (C=O) groups excluding carboxylic acids is 1. The second-order valence-corrected chi connectivity index (χ2v) is 5.47. The third-order valence-electron chi connectivity index (χ3n) is 3.20. The molecule has 0 spiro atoms. The molecule has 0 saturated carbocycles. The molecule has 2 atom stereocenters. The Bertz CT molecular complexity index is 408. The van der Waals surface area contributed by atoms with E-state index in [0.29, 0.717) is 13.0 Å². The first-order valence-corrected chi connectivity index (χ1v) is 7.75. The smallest absolute Gasteiger partial charge is 0.310 e. The van der Waals surface area contributed by atoms with E-state index in [9.17, 15) is 14.5 Å². The SMILES string of the molecule is CCOC(=O)C(CCCc1ccccc1)C(CO)P=O. The highest BCUT2D eigenvalue weighted by molar-refractivity contribution is 7.24. The molecule has 0 aliphatic rings. The van der Waals surface area contributed by atoms with Crippen molar-refractivity contribution in [2.24, 2.45) is 5.92 Å². The van der Waals surface area contributed by atoms with E-state index in [1.807, 2.05) is 30.3 Å². The van der Waals surface area contributed by atoms with Crippen LogP contribution in [-0.4, -0.2) is 29.9 Å². The molecule has 0 amide bonds. The van der Waals surface area contributed by atoms with Gasteiger partial charge in [0.2, 0.25) is 0 Å². The Morgan fingerprint density at radius 2 is 2.05 bits per heavy atom. The van der Waals surface area contributed by atoms with Gasteiger partial charge >= 0.3 is 5.97 Å². The summed E-state index contributed by atoms with van der Waals surface area (Å²) in [4.78, 5) is 11.9. The molecule has 0 aliphatic carbocycles. The van der Waals surface area contributed by atoms with Gasteiger partial charge in [-0.25, -0.2) is 0 Å². The van der Waals surface area contributed by atoms with Gasteiger partial charge in [-0.05, 0) is 31.7 Å². The molecule has 5 heteroatoms. The van der Waals surface area contributed by atoms with Gasteiger partial charge in [-0.1, -0.05) is 30.3 Å². The normalized spacial score (nSPS) is 13.9. The number of aliphatic hydroxyl groups excluding tert-OH is 1. The van der Waals surface area contributed by atoms with Crippen LogP contribution in [0, 0.1) is 5.92 Å². The number of benzene rings is 1. The zero-order valence-electron chi connectivity index (χ0n) is 11.7. The lowest BCUT2D eigenvalue weighted by Gasteiger charge is -2.18. The van der Waals surface area contributed by atoms with Crippen molar-refractivity contribution in [2.75, 3.05) is 13.2 Å². The molecule has 0 fully saturated rings. The summed E-state index contributed by atoms with van der Waals surface area (Å²) in [6, 6.07) is 9.99. The number of esters is 1. The van der Waals surface area contributed by atoms with Gasteiger partial charge in [0.1, 0.15) is 0 Å². The zero-order valence-corrected chi connectivity index (χ0v) is 12.6. The van der Waals surface area contributed by atoms with Gasteiger partial charge in [-0.2, -0.15) is 0 Å². The molecule has 110 valence electrons. The summed E-state index contributed by atoms with van der Waals surface area (Å²) in [7, 11) is -0.209. The minimum Gasteiger partial charge on any atom is -0.466 e. The Labute approximate surface area is 121 Å². The van der Waals surface area contributed by atoms with E-state index in [2.05, 4.69) is 0 Å². The van der Waals surface area contributed by atoms with Crippen LogP contribution in [-0.2, 0) is 20.5 Å². The van der Waals surface area contributed by atoms with Crippen molar-refractivity contribution in [3.8, 4) is 0 Å². The van der Waals surface area contributed by atoms with Gasteiger partial charge in [0.25, 0.3) is 0 Å². The van der Waals surface area contributed by atoms with E-state index in [4.69, 9.17) is 4.74 Å². The summed E-state index contributed by atoms with van der Waals surface area (Å²) >= 11 is 0. The molecular weight excluding hydrogens is 275 g/mol. The Morgan fingerprint density at radius 1 is 1.35 bits per heavy atom. The predicted molar refractivity (Wildman–Crippen MR) is 78.0 cm³/mol.